The van der Waals surface area contributed by atoms with Crippen LogP contribution >= 0.6 is 39.1 Å². The summed E-state index contributed by atoms with van der Waals surface area (Å²) in [7, 11) is 0. The average molecular weight is 370 g/mol. The van der Waals surface area contributed by atoms with E-state index in [1.54, 1.807) is 0 Å². The molecule has 1 atom stereocenters. The van der Waals surface area contributed by atoms with Gasteiger partial charge in [0.05, 0.1) is 10.4 Å². The first-order valence-electron chi connectivity index (χ1n) is 5.13. The second-order valence-electron chi connectivity index (χ2n) is 3.82. The van der Waals surface area contributed by atoms with E-state index in [2.05, 4.69) is 15.9 Å². The molecule has 0 fully saturated rings. The Morgan fingerprint density at radius 2 is 1.63 bits per heavy atom. The van der Waals surface area contributed by atoms with E-state index in [-0.39, 0.29) is 16.1 Å². The molecule has 100 valence electrons. The zero-order chi connectivity index (χ0) is 14.2. The molecule has 0 aliphatic carbocycles. The predicted octanol–water partition coefficient (Wildman–Crippen LogP) is 5.85. The van der Waals surface area contributed by atoms with E-state index in [1.807, 2.05) is 0 Å². The summed E-state index contributed by atoms with van der Waals surface area (Å²) in [5, 5.41) is -0.676. The van der Waals surface area contributed by atoms with Gasteiger partial charge < -0.3 is 0 Å². The van der Waals surface area contributed by atoms with Crippen molar-refractivity contribution in [2.24, 2.45) is 0 Å². The van der Waals surface area contributed by atoms with Gasteiger partial charge in [-0.1, -0.05) is 17.7 Å². The van der Waals surface area contributed by atoms with Crippen LogP contribution in [0.2, 0.25) is 5.02 Å². The molecule has 0 spiro atoms. The van der Waals surface area contributed by atoms with Gasteiger partial charge in [0.15, 0.2) is 11.6 Å². The summed E-state index contributed by atoms with van der Waals surface area (Å²) in [6.45, 7) is 0. The van der Waals surface area contributed by atoms with Crippen LogP contribution in [-0.2, 0) is 0 Å². The minimum atomic E-state index is -1.04. The lowest BCUT2D eigenvalue weighted by Crippen LogP contribution is -1.99. The van der Waals surface area contributed by atoms with Crippen LogP contribution in [0.25, 0.3) is 0 Å². The zero-order valence-corrected chi connectivity index (χ0v) is 12.3. The summed E-state index contributed by atoms with van der Waals surface area (Å²) < 4.78 is 40.2. The minimum absolute atomic E-state index is 0.0980. The molecule has 0 amide bonds. The summed E-state index contributed by atoms with van der Waals surface area (Å²) >= 11 is 15.0. The molecule has 0 radical (unpaired) electrons. The highest BCUT2D eigenvalue weighted by atomic mass is 79.9. The van der Waals surface area contributed by atoms with Gasteiger partial charge in [-0.05, 0) is 45.8 Å². The summed E-state index contributed by atoms with van der Waals surface area (Å²) in [6.07, 6.45) is 0. The van der Waals surface area contributed by atoms with Gasteiger partial charge >= 0.3 is 0 Å². The Morgan fingerprint density at radius 3 is 2.26 bits per heavy atom. The molecule has 19 heavy (non-hydrogen) atoms. The van der Waals surface area contributed by atoms with Crippen LogP contribution in [0.15, 0.2) is 34.8 Å². The van der Waals surface area contributed by atoms with Crippen molar-refractivity contribution < 1.29 is 13.2 Å². The molecule has 0 aromatic heterocycles. The largest absolute Gasteiger partial charge is 0.207 e. The smallest absolute Gasteiger partial charge is 0.159 e. The lowest BCUT2D eigenvalue weighted by Gasteiger charge is -2.13. The van der Waals surface area contributed by atoms with Gasteiger partial charge in [0.25, 0.3) is 0 Å². The van der Waals surface area contributed by atoms with E-state index < -0.39 is 22.8 Å². The Bertz CT molecular complexity index is 632. The van der Waals surface area contributed by atoms with E-state index in [1.165, 1.54) is 18.2 Å². The first-order valence-corrected chi connectivity index (χ1v) is 6.74. The minimum Gasteiger partial charge on any atom is -0.207 e. The summed E-state index contributed by atoms with van der Waals surface area (Å²) in [5.74, 6) is -2.60. The topological polar surface area (TPSA) is 0 Å². The molecule has 0 bridgehead atoms. The van der Waals surface area contributed by atoms with Crippen LogP contribution in [0.1, 0.15) is 16.5 Å². The molecule has 0 saturated carbocycles. The highest BCUT2D eigenvalue weighted by Gasteiger charge is 2.18. The van der Waals surface area contributed by atoms with Gasteiger partial charge in [-0.2, -0.15) is 0 Å². The van der Waals surface area contributed by atoms with Crippen LogP contribution < -0.4 is 0 Å². The first kappa shape index (κ1) is 14.7. The van der Waals surface area contributed by atoms with Gasteiger partial charge in [-0.3, -0.25) is 0 Å². The fourth-order valence-electron chi connectivity index (χ4n) is 1.58. The Balaban J connectivity index is 2.46. The van der Waals surface area contributed by atoms with Crippen molar-refractivity contribution in [3.8, 4) is 0 Å². The molecule has 0 heterocycles. The first-order chi connectivity index (χ1) is 8.90. The number of hydrogen-bond acceptors (Lipinski definition) is 0. The third-order valence-corrected chi connectivity index (χ3v) is 4.23. The summed E-state index contributed by atoms with van der Waals surface area (Å²) in [6, 6.07) is 5.69. The Labute approximate surface area is 126 Å². The average Bonchev–Trinajstić information content (AvgIpc) is 2.36. The summed E-state index contributed by atoms with van der Waals surface area (Å²) in [5.41, 5.74) is 0.346. The van der Waals surface area contributed by atoms with Crippen molar-refractivity contribution in [1.29, 1.82) is 0 Å². The molecule has 0 aliphatic heterocycles. The Kier molecular flexibility index (Phi) is 4.43. The fourth-order valence-corrected chi connectivity index (χ4v) is 2.37. The van der Waals surface area contributed by atoms with Crippen LogP contribution in [-0.4, -0.2) is 0 Å². The van der Waals surface area contributed by atoms with Crippen molar-refractivity contribution in [3.05, 3.63) is 68.4 Å². The van der Waals surface area contributed by atoms with E-state index in [0.717, 1.165) is 12.1 Å². The molecule has 0 aliphatic rings. The van der Waals surface area contributed by atoms with Gasteiger partial charge in [-0.25, -0.2) is 13.2 Å². The molecule has 0 nitrogen and oxygen atoms in total. The normalized spacial score (nSPS) is 12.5. The van der Waals surface area contributed by atoms with Crippen molar-refractivity contribution in [1.82, 2.24) is 0 Å². The highest BCUT2D eigenvalue weighted by molar-refractivity contribution is 9.10. The highest BCUT2D eigenvalue weighted by Crippen LogP contribution is 2.35. The summed E-state index contributed by atoms with van der Waals surface area (Å²) in [4.78, 5) is 0. The number of benzene rings is 2. The Hall–Kier alpha value is -0.710. The Morgan fingerprint density at radius 1 is 0.947 bits per heavy atom. The van der Waals surface area contributed by atoms with E-state index in [0.29, 0.717) is 4.47 Å². The van der Waals surface area contributed by atoms with Gasteiger partial charge in [-0.15, -0.1) is 11.6 Å². The standard InChI is InChI=1S/C13H6BrCl2F3/c14-8-5-11(18)7(4-9(8)15)13(16)6-1-2-10(17)12(19)3-6/h1-5,13H. The van der Waals surface area contributed by atoms with Crippen molar-refractivity contribution in [3.63, 3.8) is 0 Å². The quantitative estimate of drug-likeness (QED) is 0.460. The van der Waals surface area contributed by atoms with E-state index in [4.69, 9.17) is 23.2 Å². The zero-order valence-electron chi connectivity index (χ0n) is 9.23. The molecule has 0 N–H and O–H groups in total. The van der Waals surface area contributed by atoms with Crippen molar-refractivity contribution >= 4 is 39.1 Å². The molecule has 2 aromatic carbocycles. The van der Waals surface area contributed by atoms with Crippen LogP contribution in [0.4, 0.5) is 13.2 Å². The van der Waals surface area contributed by atoms with E-state index in [9.17, 15) is 13.2 Å². The fraction of sp³-hybridized carbons (Fsp3) is 0.0769. The van der Waals surface area contributed by atoms with Crippen LogP contribution in [0, 0.1) is 17.5 Å². The molecular formula is C13H6BrCl2F3. The molecular weight excluding hydrogens is 364 g/mol. The van der Waals surface area contributed by atoms with Gasteiger partial charge in [0.1, 0.15) is 5.82 Å². The maximum absolute atomic E-state index is 13.8. The second kappa shape index (κ2) is 5.73. The number of rotatable bonds is 2. The number of alkyl halides is 1. The third-order valence-electron chi connectivity index (χ3n) is 2.55. The number of hydrogen-bond donors (Lipinski definition) is 0. The van der Waals surface area contributed by atoms with E-state index >= 15 is 0 Å². The van der Waals surface area contributed by atoms with Crippen LogP contribution in [0.3, 0.4) is 0 Å². The van der Waals surface area contributed by atoms with Gasteiger partial charge in [0.2, 0.25) is 0 Å². The predicted molar refractivity (Wildman–Crippen MR) is 73.2 cm³/mol. The molecule has 2 rings (SSSR count). The maximum Gasteiger partial charge on any atom is 0.159 e. The molecule has 2 aromatic rings. The molecule has 0 saturated heterocycles. The third kappa shape index (κ3) is 3.07. The second-order valence-corrected chi connectivity index (χ2v) is 5.52. The molecule has 6 heteroatoms. The monoisotopic (exact) mass is 368 g/mol. The molecule has 1 unspecified atom stereocenters. The number of halogens is 6. The van der Waals surface area contributed by atoms with Gasteiger partial charge in [0, 0.05) is 10.0 Å². The van der Waals surface area contributed by atoms with Crippen molar-refractivity contribution in [2.45, 2.75) is 5.38 Å². The van der Waals surface area contributed by atoms with Crippen LogP contribution in [0.5, 0.6) is 0 Å². The lowest BCUT2D eigenvalue weighted by atomic mass is 10.0. The SMILES string of the molecule is Fc1ccc(C(Cl)c2cc(Cl)c(Br)cc2F)cc1F. The maximum atomic E-state index is 13.8. The van der Waals surface area contributed by atoms with Crippen molar-refractivity contribution in [2.75, 3.05) is 0 Å². The lowest BCUT2D eigenvalue weighted by molar-refractivity contribution is 0.507.